The molecular formula is C64H46N2. The molecule has 1 atom stereocenters. The zero-order chi connectivity index (χ0) is 51.8. The van der Waals surface area contributed by atoms with Gasteiger partial charge in [-0.1, -0.05) is 184 Å². The summed E-state index contributed by atoms with van der Waals surface area (Å²) in [5.74, 6) is 0. The molecule has 2 heteroatoms. The molecule has 1 spiro atoms. The molecule has 0 aromatic heterocycles. The van der Waals surface area contributed by atoms with Crippen molar-refractivity contribution in [3.05, 3.63) is 276 Å². The third-order valence-electron chi connectivity index (χ3n) is 14.0. The van der Waals surface area contributed by atoms with Gasteiger partial charge < -0.3 is 9.80 Å². The van der Waals surface area contributed by atoms with E-state index in [9.17, 15) is 4.11 Å². The van der Waals surface area contributed by atoms with Crippen molar-refractivity contribution in [2.75, 3.05) is 9.80 Å². The number of fused-ring (bicyclic) bond motifs is 13. The van der Waals surface area contributed by atoms with Crippen LogP contribution >= 0.6 is 0 Å². The van der Waals surface area contributed by atoms with Gasteiger partial charge in [-0.3, -0.25) is 0 Å². The maximum atomic E-state index is 9.89. The lowest BCUT2D eigenvalue weighted by Gasteiger charge is -2.33. The minimum absolute atomic E-state index is 0.0675. The van der Waals surface area contributed by atoms with Crippen molar-refractivity contribution < 1.29 is 12.3 Å². The second-order valence-electron chi connectivity index (χ2n) is 17.8. The van der Waals surface area contributed by atoms with E-state index in [-0.39, 0.29) is 22.2 Å². The molecule has 66 heavy (non-hydrogen) atoms. The fourth-order valence-electron chi connectivity index (χ4n) is 11.2. The van der Waals surface area contributed by atoms with Crippen LogP contribution in [0.1, 0.15) is 59.6 Å². The Bertz CT molecular complexity index is 4020. The fourth-order valence-corrected chi connectivity index (χ4v) is 11.2. The Morgan fingerprint density at radius 3 is 1.27 bits per heavy atom. The number of benzene rings is 10. The molecule has 13 rings (SSSR count). The molecule has 0 bridgehead atoms. The monoisotopic (exact) mass is 851 g/mol. The summed E-state index contributed by atoms with van der Waals surface area (Å²) in [5.41, 5.74) is 15.9. The minimum Gasteiger partial charge on any atom is -0.310 e. The second-order valence-corrected chi connectivity index (χ2v) is 17.8. The average Bonchev–Trinajstić information content (AvgIpc) is 4.14. The molecule has 1 unspecified atom stereocenters. The van der Waals surface area contributed by atoms with Crippen LogP contribution in [-0.2, 0) is 10.8 Å². The van der Waals surface area contributed by atoms with E-state index in [1.807, 2.05) is 42.5 Å². The molecule has 3 aliphatic carbocycles. The first-order chi connectivity index (χ1) is 36.2. The quantitative estimate of drug-likeness (QED) is 0.158. The van der Waals surface area contributed by atoms with Crippen molar-refractivity contribution in [2.24, 2.45) is 0 Å². The number of hydrogen-bond donors (Lipinski definition) is 0. The topological polar surface area (TPSA) is 6.48 Å². The molecule has 0 fully saturated rings. The summed E-state index contributed by atoms with van der Waals surface area (Å²) in [4.78, 5) is 4.08. The van der Waals surface area contributed by atoms with Crippen molar-refractivity contribution >= 4 is 34.1 Å². The van der Waals surface area contributed by atoms with E-state index in [2.05, 4.69) is 164 Å². The largest absolute Gasteiger partial charge is 0.310 e. The van der Waals surface area contributed by atoms with Gasteiger partial charge in [0, 0.05) is 39.5 Å². The van der Waals surface area contributed by atoms with Crippen molar-refractivity contribution in [1.29, 1.82) is 0 Å². The van der Waals surface area contributed by atoms with Crippen LogP contribution in [0.15, 0.2) is 242 Å². The zero-order valence-electron chi connectivity index (χ0n) is 45.3. The summed E-state index contributed by atoms with van der Waals surface area (Å²) in [5, 5.41) is 0. The molecule has 0 heterocycles. The molecule has 0 N–H and O–H groups in total. The van der Waals surface area contributed by atoms with Crippen LogP contribution in [0, 0.1) is 0 Å². The molecule has 10 aromatic carbocycles. The van der Waals surface area contributed by atoms with E-state index < -0.39 is 59.8 Å². The number of anilines is 6. The van der Waals surface area contributed by atoms with Gasteiger partial charge in [-0.05, 0) is 151 Å². The van der Waals surface area contributed by atoms with Crippen molar-refractivity contribution in [3.8, 4) is 44.5 Å². The molecular weight excluding hydrogens is 797 g/mol. The normalized spacial score (nSPS) is 17.2. The van der Waals surface area contributed by atoms with Gasteiger partial charge in [0.05, 0.1) is 17.8 Å². The van der Waals surface area contributed by atoms with E-state index in [1.165, 1.54) is 22.3 Å². The SMILES string of the molecule is [2H]c1c([2H])c([2H])c(-c2c([2H])c([2H])c([2H])c(N(c3ccccc3)c3ccc4c(c3)C3(c5ccccc5-c5ccc(N(c6ccccc6)c6ccc7c(c6)C(C)(C)c6ccccc6-7)cc53)c3ccccc3-4)c2[2H])c([2H])c1[2H]. The maximum absolute atomic E-state index is 9.89. The van der Waals surface area contributed by atoms with Crippen LogP contribution < -0.4 is 9.80 Å². The summed E-state index contributed by atoms with van der Waals surface area (Å²) in [6, 6.07) is 60.4. The van der Waals surface area contributed by atoms with E-state index in [4.69, 9.17) is 8.22 Å². The average molecular weight is 852 g/mol. The van der Waals surface area contributed by atoms with Crippen molar-refractivity contribution in [3.63, 3.8) is 0 Å². The van der Waals surface area contributed by atoms with Crippen LogP contribution in [0.3, 0.4) is 0 Å². The van der Waals surface area contributed by atoms with Crippen LogP contribution in [0.2, 0.25) is 0 Å². The number of hydrogen-bond acceptors (Lipinski definition) is 2. The number of para-hydroxylation sites is 2. The predicted molar refractivity (Wildman–Crippen MR) is 275 cm³/mol. The Morgan fingerprint density at radius 2 is 0.727 bits per heavy atom. The maximum Gasteiger partial charge on any atom is 0.0727 e. The van der Waals surface area contributed by atoms with E-state index >= 15 is 0 Å². The van der Waals surface area contributed by atoms with E-state index in [0.29, 0.717) is 11.4 Å². The van der Waals surface area contributed by atoms with Gasteiger partial charge in [0.1, 0.15) is 0 Å². The Kier molecular flexibility index (Phi) is 6.67. The zero-order valence-corrected chi connectivity index (χ0v) is 36.3. The third kappa shape index (κ3) is 5.55. The molecule has 0 saturated heterocycles. The second kappa shape index (κ2) is 14.7. The first-order valence-electron chi connectivity index (χ1n) is 26.9. The third-order valence-corrected chi connectivity index (χ3v) is 14.0. The highest BCUT2D eigenvalue weighted by Gasteiger charge is 2.52. The van der Waals surface area contributed by atoms with Gasteiger partial charge in [-0.2, -0.15) is 0 Å². The first-order valence-corrected chi connectivity index (χ1v) is 22.4. The Balaban J connectivity index is 1.06. The summed E-state index contributed by atoms with van der Waals surface area (Å²) in [6.07, 6.45) is 0. The molecule has 2 nitrogen and oxygen atoms in total. The van der Waals surface area contributed by atoms with Gasteiger partial charge in [0.2, 0.25) is 0 Å². The standard InChI is InChI=1S/C64H46N2/c1-63(2)57-30-15-12-27-51(57)54-36-33-48(40-60(54)63)66(46-24-10-5-11-25-46)50-35-38-56-53-29-14-17-32-59(53)64(62(56)42-50)58-31-16-13-28-52(58)55-37-34-49(41-61(55)64)65(45-22-8-4-9-23-45)47-26-18-21-44(39-47)43-19-6-3-7-20-43/h3-42H,1-2H3/i3D,6D,7D,18D,19D,20D,21D,26D,39D. The molecule has 0 saturated carbocycles. The number of nitrogens with zero attached hydrogens (tertiary/aromatic N) is 2. The first kappa shape index (κ1) is 30.0. The Hall–Kier alpha value is -8.20. The molecule has 312 valence electrons. The highest BCUT2D eigenvalue weighted by molar-refractivity contribution is 5.98. The lowest BCUT2D eigenvalue weighted by Crippen LogP contribution is -2.26. The summed E-state index contributed by atoms with van der Waals surface area (Å²) in [6.45, 7) is 4.61. The van der Waals surface area contributed by atoms with Gasteiger partial charge in [0.25, 0.3) is 0 Å². The van der Waals surface area contributed by atoms with Gasteiger partial charge in [-0.25, -0.2) is 0 Å². The molecule has 3 aliphatic rings. The van der Waals surface area contributed by atoms with Crippen LogP contribution in [0.5, 0.6) is 0 Å². The predicted octanol–water partition coefficient (Wildman–Crippen LogP) is 16.9. The highest BCUT2D eigenvalue weighted by atomic mass is 15.1. The minimum atomic E-state index is -0.867. The Labute approximate surface area is 400 Å². The summed E-state index contributed by atoms with van der Waals surface area (Å²) >= 11 is 0. The fraction of sp³-hybridized carbons (Fsp3) is 0.0625. The highest BCUT2D eigenvalue weighted by Crippen LogP contribution is 2.64. The molecule has 0 radical (unpaired) electrons. The molecule has 0 amide bonds. The van der Waals surface area contributed by atoms with Gasteiger partial charge >= 0.3 is 0 Å². The van der Waals surface area contributed by atoms with Crippen LogP contribution in [-0.4, -0.2) is 0 Å². The summed E-state index contributed by atoms with van der Waals surface area (Å²) in [7, 11) is 0. The molecule has 10 aromatic rings. The van der Waals surface area contributed by atoms with Gasteiger partial charge in [-0.15, -0.1) is 0 Å². The van der Waals surface area contributed by atoms with E-state index in [1.54, 1.807) is 4.90 Å². The smallest absolute Gasteiger partial charge is 0.0727 e. The molecule has 0 aliphatic heterocycles. The summed E-state index contributed by atoms with van der Waals surface area (Å²) < 4.78 is 80.8. The van der Waals surface area contributed by atoms with Crippen LogP contribution in [0.4, 0.5) is 34.1 Å². The van der Waals surface area contributed by atoms with Gasteiger partial charge in [0.15, 0.2) is 0 Å². The number of rotatable bonds is 7. The van der Waals surface area contributed by atoms with Crippen molar-refractivity contribution in [1.82, 2.24) is 0 Å². The lowest BCUT2D eigenvalue weighted by molar-refractivity contribution is 0.660. The Morgan fingerprint density at radius 1 is 0.318 bits per heavy atom. The van der Waals surface area contributed by atoms with Crippen LogP contribution in [0.25, 0.3) is 44.5 Å². The lowest BCUT2D eigenvalue weighted by atomic mass is 9.70. The van der Waals surface area contributed by atoms with Crippen molar-refractivity contribution in [2.45, 2.75) is 24.7 Å². The van der Waals surface area contributed by atoms with E-state index in [0.717, 1.165) is 61.6 Å².